The highest BCUT2D eigenvalue weighted by molar-refractivity contribution is 9.10. The van der Waals surface area contributed by atoms with E-state index in [1.807, 2.05) is 13.8 Å². The molecule has 1 unspecified atom stereocenters. The fraction of sp³-hybridized carbons (Fsp3) is 0.500. The van der Waals surface area contributed by atoms with Gasteiger partial charge in [0.25, 0.3) is 5.91 Å². The highest BCUT2D eigenvalue weighted by Crippen LogP contribution is 2.25. The van der Waals surface area contributed by atoms with Crippen molar-refractivity contribution in [1.29, 1.82) is 0 Å². The number of anilines is 1. The first-order valence-electron chi connectivity index (χ1n) is 6.37. The van der Waals surface area contributed by atoms with E-state index in [1.54, 1.807) is 18.2 Å². The molecular formula is C14H19BrN2O2. The van der Waals surface area contributed by atoms with E-state index < -0.39 is 0 Å². The van der Waals surface area contributed by atoms with Crippen molar-refractivity contribution < 1.29 is 9.53 Å². The lowest BCUT2D eigenvalue weighted by molar-refractivity contribution is -0.0615. The minimum atomic E-state index is -0.172. The molecule has 0 spiro atoms. The lowest BCUT2D eigenvalue weighted by atomic mass is 9.94. The molecule has 1 heterocycles. The van der Waals surface area contributed by atoms with Crippen LogP contribution in [0.4, 0.5) is 5.69 Å². The summed E-state index contributed by atoms with van der Waals surface area (Å²) < 4.78 is 6.44. The Bertz CT molecular complexity index is 488. The maximum atomic E-state index is 12.2. The Morgan fingerprint density at radius 1 is 1.53 bits per heavy atom. The molecule has 104 valence electrons. The molecule has 19 heavy (non-hydrogen) atoms. The van der Waals surface area contributed by atoms with Crippen LogP contribution in [0.15, 0.2) is 22.7 Å². The number of nitrogens with two attached hydrogens (primary N) is 1. The van der Waals surface area contributed by atoms with Gasteiger partial charge in [0.1, 0.15) is 0 Å². The first kappa shape index (κ1) is 14.3. The normalized spacial score (nSPS) is 21.9. The van der Waals surface area contributed by atoms with E-state index in [4.69, 9.17) is 10.5 Å². The van der Waals surface area contributed by atoms with E-state index >= 15 is 0 Å². The molecule has 0 saturated carbocycles. The van der Waals surface area contributed by atoms with Crippen LogP contribution in [0.3, 0.4) is 0 Å². The Balaban J connectivity index is 2.02. The van der Waals surface area contributed by atoms with Crippen molar-refractivity contribution in [2.75, 3.05) is 12.3 Å². The quantitative estimate of drug-likeness (QED) is 0.821. The van der Waals surface area contributed by atoms with E-state index in [-0.39, 0.29) is 17.6 Å². The zero-order valence-corrected chi connectivity index (χ0v) is 12.8. The fourth-order valence-electron chi connectivity index (χ4n) is 2.31. The summed E-state index contributed by atoms with van der Waals surface area (Å²) >= 11 is 3.32. The maximum absolute atomic E-state index is 12.2. The summed E-state index contributed by atoms with van der Waals surface area (Å²) in [6.45, 7) is 4.77. The van der Waals surface area contributed by atoms with Crippen LogP contribution in [0.2, 0.25) is 0 Å². The second kappa shape index (κ2) is 5.51. The molecule has 0 aromatic heterocycles. The predicted molar refractivity (Wildman–Crippen MR) is 79.1 cm³/mol. The molecule has 3 N–H and O–H groups in total. The van der Waals surface area contributed by atoms with Crippen LogP contribution in [0.25, 0.3) is 0 Å². The third-order valence-corrected chi connectivity index (χ3v) is 4.01. The summed E-state index contributed by atoms with van der Waals surface area (Å²) in [7, 11) is 0. The van der Waals surface area contributed by atoms with E-state index in [1.165, 1.54) is 0 Å². The molecule has 1 amide bonds. The van der Waals surface area contributed by atoms with Crippen LogP contribution >= 0.6 is 15.9 Å². The van der Waals surface area contributed by atoms with Crippen LogP contribution in [-0.4, -0.2) is 24.2 Å². The van der Waals surface area contributed by atoms with Crippen LogP contribution in [0.5, 0.6) is 0 Å². The number of rotatable bonds is 2. The molecule has 1 aromatic rings. The van der Waals surface area contributed by atoms with Gasteiger partial charge in [-0.15, -0.1) is 0 Å². The number of nitrogens with one attached hydrogen (secondary N) is 1. The third kappa shape index (κ3) is 3.70. The van der Waals surface area contributed by atoms with Crippen LogP contribution in [0.1, 0.15) is 37.0 Å². The van der Waals surface area contributed by atoms with Gasteiger partial charge in [-0.1, -0.05) is 0 Å². The maximum Gasteiger partial charge on any atom is 0.251 e. The second-order valence-electron chi connectivity index (χ2n) is 5.51. The Labute approximate surface area is 121 Å². The van der Waals surface area contributed by atoms with Gasteiger partial charge in [-0.2, -0.15) is 0 Å². The number of ether oxygens (including phenoxy) is 1. The summed E-state index contributed by atoms with van der Waals surface area (Å²) in [5.41, 5.74) is 6.77. The minimum absolute atomic E-state index is 0.0816. The number of carbonyl (C=O) groups is 1. The lowest BCUT2D eigenvalue weighted by Crippen LogP contribution is -2.45. The molecule has 1 aliphatic rings. The molecule has 1 fully saturated rings. The van der Waals surface area contributed by atoms with Gasteiger partial charge in [0.05, 0.1) is 5.60 Å². The Morgan fingerprint density at radius 2 is 2.26 bits per heavy atom. The van der Waals surface area contributed by atoms with E-state index in [9.17, 15) is 4.79 Å². The average Bonchev–Trinajstić information content (AvgIpc) is 2.31. The standard InChI is InChI=1S/C14H19BrN2O2/c1-14(2)8-10(5-6-19-14)17-13(18)9-3-4-11(15)12(16)7-9/h3-4,7,10H,5-6,8,16H2,1-2H3,(H,17,18). The molecule has 0 radical (unpaired) electrons. The summed E-state index contributed by atoms with van der Waals surface area (Å²) in [6, 6.07) is 5.39. The Hall–Kier alpha value is -1.07. The van der Waals surface area contributed by atoms with Gasteiger partial charge in [0.15, 0.2) is 0 Å². The number of benzene rings is 1. The van der Waals surface area contributed by atoms with Crippen LogP contribution in [0, 0.1) is 0 Å². The predicted octanol–water partition coefficient (Wildman–Crippen LogP) is 2.72. The number of hydrogen-bond acceptors (Lipinski definition) is 3. The highest BCUT2D eigenvalue weighted by atomic mass is 79.9. The molecule has 1 aliphatic heterocycles. The minimum Gasteiger partial charge on any atom is -0.398 e. The lowest BCUT2D eigenvalue weighted by Gasteiger charge is -2.35. The van der Waals surface area contributed by atoms with Gasteiger partial charge in [-0.25, -0.2) is 0 Å². The second-order valence-corrected chi connectivity index (χ2v) is 6.36. The van der Waals surface area contributed by atoms with Gasteiger partial charge in [-0.3, -0.25) is 4.79 Å². The highest BCUT2D eigenvalue weighted by Gasteiger charge is 2.29. The van der Waals surface area contributed by atoms with Gasteiger partial charge in [0.2, 0.25) is 0 Å². The number of nitrogen functional groups attached to an aromatic ring is 1. The molecule has 1 aromatic carbocycles. The largest absolute Gasteiger partial charge is 0.398 e. The zero-order valence-electron chi connectivity index (χ0n) is 11.2. The summed E-state index contributed by atoms with van der Waals surface area (Å²) in [6.07, 6.45) is 1.67. The van der Waals surface area contributed by atoms with Crippen molar-refractivity contribution >= 4 is 27.5 Å². The smallest absolute Gasteiger partial charge is 0.251 e. The number of halogens is 1. The summed E-state index contributed by atoms with van der Waals surface area (Å²) in [4.78, 5) is 12.2. The van der Waals surface area contributed by atoms with Crippen molar-refractivity contribution in [3.63, 3.8) is 0 Å². The summed E-state index contributed by atoms with van der Waals surface area (Å²) in [5, 5.41) is 3.05. The zero-order chi connectivity index (χ0) is 14.0. The summed E-state index contributed by atoms with van der Waals surface area (Å²) in [5.74, 6) is -0.0816. The van der Waals surface area contributed by atoms with Gasteiger partial charge >= 0.3 is 0 Å². The van der Waals surface area contributed by atoms with E-state index in [0.717, 1.165) is 17.3 Å². The number of carbonyl (C=O) groups excluding carboxylic acids is 1. The molecule has 0 aliphatic carbocycles. The van der Waals surface area contributed by atoms with Gasteiger partial charge in [0, 0.05) is 28.4 Å². The Morgan fingerprint density at radius 3 is 2.89 bits per heavy atom. The molecule has 2 rings (SSSR count). The van der Waals surface area contributed by atoms with E-state index in [0.29, 0.717) is 17.9 Å². The SMILES string of the molecule is CC1(C)CC(NC(=O)c2ccc(Br)c(N)c2)CCO1. The monoisotopic (exact) mass is 326 g/mol. The number of amides is 1. The third-order valence-electron chi connectivity index (χ3n) is 3.29. The number of hydrogen-bond donors (Lipinski definition) is 2. The van der Waals surface area contributed by atoms with Crippen molar-refractivity contribution in [2.45, 2.75) is 38.3 Å². The van der Waals surface area contributed by atoms with Crippen molar-refractivity contribution in [3.05, 3.63) is 28.2 Å². The van der Waals surface area contributed by atoms with Crippen LogP contribution in [-0.2, 0) is 4.74 Å². The first-order chi connectivity index (χ1) is 8.87. The average molecular weight is 327 g/mol. The van der Waals surface area contributed by atoms with Gasteiger partial charge in [-0.05, 0) is 60.8 Å². The Kier molecular flexibility index (Phi) is 4.16. The first-order valence-corrected chi connectivity index (χ1v) is 7.16. The van der Waals surface area contributed by atoms with Crippen LogP contribution < -0.4 is 11.1 Å². The van der Waals surface area contributed by atoms with Crippen molar-refractivity contribution in [1.82, 2.24) is 5.32 Å². The van der Waals surface area contributed by atoms with Crippen molar-refractivity contribution in [2.24, 2.45) is 0 Å². The molecular weight excluding hydrogens is 308 g/mol. The molecule has 4 nitrogen and oxygen atoms in total. The molecule has 1 atom stereocenters. The van der Waals surface area contributed by atoms with E-state index in [2.05, 4.69) is 21.2 Å². The topological polar surface area (TPSA) is 64.4 Å². The fourth-order valence-corrected chi connectivity index (χ4v) is 2.56. The van der Waals surface area contributed by atoms with Gasteiger partial charge < -0.3 is 15.8 Å². The molecule has 1 saturated heterocycles. The van der Waals surface area contributed by atoms with Crippen molar-refractivity contribution in [3.8, 4) is 0 Å². The molecule has 5 heteroatoms. The molecule has 0 bridgehead atoms.